The van der Waals surface area contributed by atoms with Gasteiger partial charge in [-0.2, -0.15) is 0 Å². The highest BCUT2D eigenvalue weighted by molar-refractivity contribution is 5.51. The molecule has 1 saturated carbocycles. The Morgan fingerprint density at radius 3 is 2.95 bits per heavy atom. The summed E-state index contributed by atoms with van der Waals surface area (Å²) in [5.41, 5.74) is 0.757. The molecule has 3 rings (SSSR count). The molecule has 4 nitrogen and oxygen atoms in total. The van der Waals surface area contributed by atoms with E-state index < -0.39 is 0 Å². The van der Waals surface area contributed by atoms with Crippen molar-refractivity contribution in [2.24, 2.45) is 5.92 Å². The number of anilines is 1. The third-order valence-electron chi connectivity index (χ3n) is 4.36. The Labute approximate surface area is 113 Å². The van der Waals surface area contributed by atoms with Gasteiger partial charge in [0.05, 0.1) is 12.1 Å². The zero-order valence-corrected chi connectivity index (χ0v) is 11.3. The van der Waals surface area contributed by atoms with Gasteiger partial charge in [-0.1, -0.05) is 13.0 Å². The van der Waals surface area contributed by atoms with Crippen molar-refractivity contribution in [2.45, 2.75) is 38.1 Å². The number of hydrogen-bond acceptors (Lipinski definition) is 3. The van der Waals surface area contributed by atoms with E-state index in [4.69, 9.17) is 0 Å². The van der Waals surface area contributed by atoms with Crippen molar-refractivity contribution >= 4 is 11.5 Å². The average Bonchev–Trinajstić information content (AvgIpc) is 2.91. The maximum atomic E-state index is 9.82. The minimum atomic E-state index is -0.176. The lowest BCUT2D eigenvalue weighted by atomic mass is 9.77. The number of rotatable bonds is 3. The van der Waals surface area contributed by atoms with Crippen LogP contribution in [0.3, 0.4) is 0 Å². The fourth-order valence-electron chi connectivity index (χ4n) is 2.96. The first-order valence-corrected chi connectivity index (χ1v) is 7.04. The molecule has 2 aromatic rings. The van der Waals surface area contributed by atoms with Crippen LogP contribution in [0.15, 0.2) is 30.6 Å². The number of fused-ring (bicyclic) bond motifs is 1. The van der Waals surface area contributed by atoms with Crippen LogP contribution in [0.25, 0.3) is 5.65 Å². The summed E-state index contributed by atoms with van der Waals surface area (Å²) in [5.74, 6) is 1.78. The topological polar surface area (TPSA) is 49.6 Å². The van der Waals surface area contributed by atoms with E-state index in [1.807, 2.05) is 28.8 Å². The fourth-order valence-corrected chi connectivity index (χ4v) is 2.96. The molecule has 0 amide bonds. The number of hydrogen-bond donors (Lipinski definition) is 2. The average molecular weight is 259 g/mol. The van der Waals surface area contributed by atoms with Gasteiger partial charge in [-0.3, -0.25) is 4.40 Å². The molecule has 0 radical (unpaired) electrons. The summed E-state index contributed by atoms with van der Waals surface area (Å²) in [6, 6.07) is 6.03. The van der Waals surface area contributed by atoms with Gasteiger partial charge in [0.1, 0.15) is 11.5 Å². The highest BCUT2D eigenvalue weighted by Crippen LogP contribution is 2.34. The Balaban J connectivity index is 1.88. The highest BCUT2D eigenvalue weighted by Gasteiger charge is 2.33. The number of nitrogens with zero attached hydrogens (tertiary/aromatic N) is 2. The van der Waals surface area contributed by atoms with Crippen LogP contribution < -0.4 is 5.32 Å². The lowest BCUT2D eigenvalue weighted by Crippen LogP contribution is -2.45. The van der Waals surface area contributed by atoms with Gasteiger partial charge in [0, 0.05) is 12.4 Å². The van der Waals surface area contributed by atoms with Crippen molar-refractivity contribution in [3.63, 3.8) is 0 Å². The quantitative estimate of drug-likeness (QED) is 0.891. The van der Waals surface area contributed by atoms with E-state index in [0.29, 0.717) is 0 Å². The molecule has 0 bridgehead atoms. The molecule has 1 aliphatic carbocycles. The molecule has 0 spiro atoms. The van der Waals surface area contributed by atoms with Crippen molar-refractivity contribution in [3.05, 3.63) is 30.6 Å². The molecule has 1 aliphatic rings. The van der Waals surface area contributed by atoms with Gasteiger partial charge in [-0.15, -0.1) is 0 Å². The molecule has 1 fully saturated rings. The van der Waals surface area contributed by atoms with Gasteiger partial charge in [0.2, 0.25) is 0 Å². The highest BCUT2D eigenvalue weighted by atomic mass is 16.3. The van der Waals surface area contributed by atoms with Crippen LogP contribution in [0, 0.1) is 5.92 Å². The summed E-state index contributed by atoms with van der Waals surface area (Å²) >= 11 is 0. The molecule has 0 aliphatic heterocycles. The predicted molar refractivity (Wildman–Crippen MR) is 76.3 cm³/mol. The summed E-state index contributed by atoms with van der Waals surface area (Å²) in [7, 11) is 0. The molecule has 4 heteroatoms. The van der Waals surface area contributed by atoms with Crippen molar-refractivity contribution < 1.29 is 5.11 Å². The van der Waals surface area contributed by atoms with Crippen molar-refractivity contribution in [2.75, 3.05) is 11.9 Å². The fraction of sp³-hybridized carbons (Fsp3) is 0.533. The third kappa shape index (κ3) is 2.32. The van der Waals surface area contributed by atoms with Gasteiger partial charge in [-0.05, 0) is 43.7 Å². The van der Waals surface area contributed by atoms with Crippen molar-refractivity contribution in [1.29, 1.82) is 0 Å². The van der Waals surface area contributed by atoms with Crippen LogP contribution in [0.2, 0.25) is 0 Å². The van der Waals surface area contributed by atoms with E-state index >= 15 is 0 Å². The van der Waals surface area contributed by atoms with Crippen LogP contribution in [-0.4, -0.2) is 26.6 Å². The van der Waals surface area contributed by atoms with E-state index in [-0.39, 0.29) is 12.1 Å². The molecular weight excluding hydrogens is 238 g/mol. The molecule has 2 N–H and O–H groups in total. The van der Waals surface area contributed by atoms with Gasteiger partial charge in [0.15, 0.2) is 0 Å². The molecule has 0 unspecified atom stereocenters. The normalized spacial score (nSPS) is 27.6. The summed E-state index contributed by atoms with van der Waals surface area (Å²) in [5, 5.41) is 13.4. The van der Waals surface area contributed by atoms with Gasteiger partial charge in [0.25, 0.3) is 0 Å². The Hall–Kier alpha value is -1.55. The summed E-state index contributed by atoms with van der Waals surface area (Å²) < 4.78 is 2.04. The van der Waals surface area contributed by atoms with Crippen molar-refractivity contribution in [1.82, 2.24) is 9.38 Å². The Morgan fingerprint density at radius 1 is 1.42 bits per heavy atom. The maximum absolute atomic E-state index is 9.82. The molecule has 102 valence electrons. The Kier molecular flexibility index (Phi) is 3.19. The van der Waals surface area contributed by atoms with Crippen LogP contribution in [0.4, 0.5) is 5.82 Å². The predicted octanol–water partition coefficient (Wildman–Crippen LogP) is 2.69. The molecule has 19 heavy (non-hydrogen) atoms. The first-order valence-electron chi connectivity index (χ1n) is 7.04. The summed E-state index contributed by atoms with van der Waals surface area (Å²) in [4.78, 5) is 4.29. The zero-order valence-electron chi connectivity index (χ0n) is 11.3. The number of aromatic nitrogens is 2. The first-order chi connectivity index (χ1) is 9.22. The van der Waals surface area contributed by atoms with Gasteiger partial charge in [-0.25, -0.2) is 4.98 Å². The second-order valence-electron chi connectivity index (χ2n) is 5.81. The van der Waals surface area contributed by atoms with E-state index in [9.17, 15) is 5.11 Å². The number of aliphatic hydroxyl groups is 1. The minimum absolute atomic E-state index is 0.176. The van der Waals surface area contributed by atoms with E-state index in [0.717, 1.165) is 30.2 Å². The Bertz CT molecular complexity index is 555. The summed E-state index contributed by atoms with van der Waals surface area (Å²) in [6.07, 6.45) is 8.15. The lowest BCUT2D eigenvalue weighted by molar-refractivity contribution is 0.155. The van der Waals surface area contributed by atoms with Crippen LogP contribution >= 0.6 is 0 Å². The number of pyridine rings is 1. The van der Waals surface area contributed by atoms with Crippen LogP contribution in [0.5, 0.6) is 0 Å². The zero-order chi connectivity index (χ0) is 13.3. The SMILES string of the molecule is CC1CCC(CO)(Nc2cccc3nccn23)CC1. The van der Waals surface area contributed by atoms with E-state index in [2.05, 4.69) is 17.2 Å². The molecular formula is C15H21N3O. The molecule has 0 atom stereocenters. The van der Waals surface area contributed by atoms with E-state index in [1.54, 1.807) is 6.20 Å². The molecule has 2 aromatic heterocycles. The Morgan fingerprint density at radius 2 is 2.21 bits per heavy atom. The molecule has 2 heterocycles. The smallest absolute Gasteiger partial charge is 0.138 e. The lowest BCUT2D eigenvalue weighted by Gasteiger charge is -2.39. The number of nitrogens with one attached hydrogen (secondary N) is 1. The van der Waals surface area contributed by atoms with Crippen LogP contribution in [-0.2, 0) is 0 Å². The van der Waals surface area contributed by atoms with Crippen molar-refractivity contribution in [3.8, 4) is 0 Å². The second kappa shape index (κ2) is 4.85. The summed E-state index contributed by atoms with van der Waals surface area (Å²) in [6.45, 7) is 2.47. The number of aliphatic hydroxyl groups excluding tert-OH is 1. The largest absolute Gasteiger partial charge is 0.394 e. The van der Waals surface area contributed by atoms with Crippen LogP contribution in [0.1, 0.15) is 32.6 Å². The first kappa shape index (κ1) is 12.5. The third-order valence-corrected chi connectivity index (χ3v) is 4.36. The number of imidazole rings is 1. The monoisotopic (exact) mass is 259 g/mol. The van der Waals surface area contributed by atoms with Gasteiger partial charge >= 0.3 is 0 Å². The minimum Gasteiger partial charge on any atom is -0.394 e. The molecule has 0 aromatic carbocycles. The molecule has 0 saturated heterocycles. The van der Waals surface area contributed by atoms with Gasteiger partial charge < -0.3 is 10.4 Å². The van der Waals surface area contributed by atoms with E-state index in [1.165, 1.54) is 12.8 Å². The second-order valence-corrected chi connectivity index (χ2v) is 5.81. The standard InChI is InChI=1S/C15H21N3O/c1-12-5-7-15(11-19,8-6-12)17-14-4-2-3-13-16-9-10-18(13)14/h2-4,9-10,12,17,19H,5-8,11H2,1H3. The maximum Gasteiger partial charge on any atom is 0.138 e.